The zero-order valence-electron chi connectivity index (χ0n) is 15.2. The second-order valence-corrected chi connectivity index (χ2v) is 6.34. The third-order valence-electron chi connectivity index (χ3n) is 4.47. The lowest BCUT2D eigenvalue weighted by Crippen LogP contribution is -2.24. The van der Waals surface area contributed by atoms with Gasteiger partial charge in [-0.3, -0.25) is 14.3 Å². The Hall–Kier alpha value is -3.15. The van der Waals surface area contributed by atoms with Crippen LogP contribution in [-0.2, 0) is 13.1 Å². The molecular formula is C20H22N4O2. The Morgan fingerprint density at radius 3 is 2.50 bits per heavy atom. The van der Waals surface area contributed by atoms with Gasteiger partial charge in [-0.15, -0.1) is 0 Å². The normalized spacial score (nSPS) is 10.7. The Bertz CT molecular complexity index is 939. The quantitative estimate of drug-likeness (QED) is 0.671. The van der Waals surface area contributed by atoms with Crippen LogP contribution in [0.1, 0.15) is 50.2 Å². The van der Waals surface area contributed by atoms with Crippen LogP contribution < -0.4 is 5.32 Å². The van der Waals surface area contributed by atoms with Crippen LogP contribution in [0.3, 0.4) is 0 Å². The highest BCUT2D eigenvalue weighted by Crippen LogP contribution is 2.18. The maximum absolute atomic E-state index is 12.6. The van der Waals surface area contributed by atoms with Crippen LogP contribution in [0.4, 0.5) is 0 Å². The number of aryl methyl sites for hydroxylation is 1. The fraction of sp³-hybridized carbons (Fsp3) is 0.250. The molecule has 0 bridgehead atoms. The number of nitrogens with one attached hydrogen (secondary N) is 2. The fourth-order valence-electron chi connectivity index (χ4n) is 3.22. The van der Waals surface area contributed by atoms with Crippen LogP contribution >= 0.6 is 0 Å². The minimum Gasteiger partial charge on any atom is -0.354 e. The molecule has 134 valence electrons. The van der Waals surface area contributed by atoms with Gasteiger partial charge in [0.2, 0.25) is 0 Å². The number of amides is 1. The molecule has 1 aromatic carbocycles. The molecule has 0 fully saturated rings. The summed E-state index contributed by atoms with van der Waals surface area (Å²) < 4.78 is 1.85. The molecule has 2 aromatic heterocycles. The molecule has 6 nitrogen and oxygen atoms in total. The number of ketones is 1. The van der Waals surface area contributed by atoms with E-state index in [2.05, 4.69) is 15.4 Å². The molecule has 1 amide bonds. The zero-order chi connectivity index (χ0) is 18.7. The first kappa shape index (κ1) is 17.7. The van der Waals surface area contributed by atoms with E-state index in [9.17, 15) is 9.59 Å². The number of Topliss-reactive ketones (excluding diaryl/α,β-unsaturated/α-hetero) is 1. The van der Waals surface area contributed by atoms with Gasteiger partial charge in [-0.05, 0) is 43.5 Å². The molecular weight excluding hydrogens is 328 g/mol. The van der Waals surface area contributed by atoms with Crippen molar-refractivity contribution in [1.29, 1.82) is 0 Å². The number of hydrogen-bond donors (Lipinski definition) is 2. The summed E-state index contributed by atoms with van der Waals surface area (Å²) in [6.45, 7) is 6.16. The average Bonchev–Trinajstić information content (AvgIpc) is 3.21. The standard InChI is InChI=1S/C20H22N4O2/c1-13-18(15(3)25)14(2)23-19(13)20(26)21-11-16-7-4-5-8-17(16)12-24-10-6-9-22-24/h4-10,23H,11-12H2,1-3H3,(H,21,26). The lowest BCUT2D eigenvalue weighted by molar-refractivity contribution is 0.0945. The van der Waals surface area contributed by atoms with Crippen molar-refractivity contribution in [3.63, 3.8) is 0 Å². The second-order valence-electron chi connectivity index (χ2n) is 6.34. The van der Waals surface area contributed by atoms with Crippen LogP contribution in [0.5, 0.6) is 0 Å². The smallest absolute Gasteiger partial charge is 0.268 e. The number of hydrogen-bond acceptors (Lipinski definition) is 3. The maximum atomic E-state index is 12.6. The summed E-state index contributed by atoms with van der Waals surface area (Å²) in [5.41, 5.74) is 4.58. The van der Waals surface area contributed by atoms with E-state index in [0.717, 1.165) is 16.8 Å². The van der Waals surface area contributed by atoms with Gasteiger partial charge < -0.3 is 10.3 Å². The highest BCUT2D eigenvalue weighted by Gasteiger charge is 2.19. The maximum Gasteiger partial charge on any atom is 0.268 e. The molecule has 0 unspecified atom stereocenters. The fourth-order valence-corrected chi connectivity index (χ4v) is 3.22. The van der Waals surface area contributed by atoms with Gasteiger partial charge in [-0.2, -0.15) is 5.10 Å². The lowest BCUT2D eigenvalue weighted by Gasteiger charge is -2.11. The van der Waals surface area contributed by atoms with Gasteiger partial charge in [0.05, 0.1) is 6.54 Å². The predicted octanol–water partition coefficient (Wildman–Crippen LogP) is 3.01. The van der Waals surface area contributed by atoms with Crippen molar-refractivity contribution in [1.82, 2.24) is 20.1 Å². The molecule has 0 aliphatic rings. The molecule has 0 spiro atoms. The first-order valence-corrected chi connectivity index (χ1v) is 8.50. The van der Waals surface area contributed by atoms with Crippen molar-refractivity contribution < 1.29 is 9.59 Å². The van der Waals surface area contributed by atoms with E-state index in [1.54, 1.807) is 20.0 Å². The van der Waals surface area contributed by atoms with Gasteiger partial charge in [0.25, 0.3) is 5.91 Å². The van der Waals surface area contributed by atoms with Crippen molar-refractivity contribution in [3.8, 4) is 0 Å². The summed E-state index contributed by atoms with van der Waals surface area (Å²) in [5.74, 6) is -0.258. The SMILES string of the molecule is CC(=O)c1c(C)[nH]c(C(=O)NCc2ccccc2Cn2cccn2)c1C. The summed E-state index contributed by atoms with van der Waals surface area (Å²) >= 11 is 0. The summed E-state index contributed by atoms with van der Waals surface area (Å²) in [7, 11) is 0. The highest BCUT2D eigenvalue weighted by molar-refractivity contribution is 6.02. The number of aromatic amines is 1. The Morgan fingerprint density at radius 1 is 1.15 bits per heavy atom. The first-order chi connectivity index (χ1) is 12.5. The molecule has 0 saturated carbocycles. The van der Waals surface area contributed by atoms with Gasteiger partial charge in [0.1, 0.15) is 5.69 Å². The minimum atomic E-state index is -0.216. The Kier molecular flexibility index (Phi) is 5.02. The van der Waals surface area contributed by atoms with E-state index in [-0.39, 0.29) is 11.7 Å². The Balaban J connectivity index is 1.75. The minimum absolute atomic E-state index is 0.0418. The van der Waals surface area contributed by atoms with Crippen molar-refractivity contribution in [2.24, 2.45) is 0 Å². The summed E-state index contributed by atoms with van der Waals surface area (Å²) in [5, 5.41) is 7.17. The molecule has 26 heavy (non-hydrogen) atoms. The molecule has 2 heterocycles. The van der Waals surface area contributed by atoms with E-state index in [1.807, 2.05) is 41.2 Å². The van der Waals surface area contributed by atoms with Gasteiger partial charge in [-0.25, -0.2) is 0 Å². The van der Waals surface area contributed by atoms with Crippen LogP contribution in [0, 0.1) is 13.8 Å². The first-order valence-electron chi connectivity index (χ1n) is 8.50. The monoisotopic (exact) mass is 350 g/mol. The molecule has 3 aromatic rings. The number of carbonyl (C=O) groups excluding carboxylic acids is 2. The van der Waals surface area contributed by atoms with Crippen molar-refractivity contribution >= 4 is 11.7 Å². The highest BCUT2D eigenvalue weighted by atomic mass is 16.2. The van der Waals surface area contributed by atoms with E-state index in [0.29, 0.717) is 29.9 Å². The number of carbonyl (C=O) groups is 2. The second kappa shape index (κ2) is 7.39. The molecule has 0 radical (unpaired) electrons. The number of H-pyrrole nitrogens is 1. The van der Waals surface area contributed by atoms with Crippen LogP contribution in [0.15, 0.2) is 42.7 Å². The van der Waals surface area contributed by atoms with Gasteiger partial charge in [0.15, 0.2) is 5.78 Å². The average molecular weight is 350 g/mol. The third-order valence-corrected chi connectivity index (χ3v) is 4.47. The Morgan fingerprint density at radius 2 is 1.88 bits per heavy atom. The van der Waals surface area contributed by atoms with E-state index in [1.165, 1.54) is 6.92 Å². The molecule has 0 aliphatic carbocycles. The molecule has 3 rings (SSSR count). The van der Waals surface area contributed by atoms with Crippen LogP contribution in [0.25, 0.3) is 0 Å². The van der Waals surface area contributed by atoms with Gasteiger partial charge in [-0.1, -0.05) is 24.3 Å². The number of aromatic nitrogens is 3. The zero-order valence-corrected chi connectivity index (χ0v) is 15.2. The largest absolute Gasteiger partial charge is 0.354 e. The number of rotatable bonds is 6. The van der Waals surface area contributed by atoms with Crippen molar-refractivity contribution in [2.75, 3.05) is 0 Å². The summed E-state index contributed by atoms with van der Waals surface area (Å²) in [4.78, 5) is 27.4. The van der Waals surface area contributed by atoms with Crippen molar-refractivity contribution in [3.05, 3.63) is 76.4 Å². The van der Waals surface area contributed by atoms with Gasteiger partial charge in [0, 0.05) is 30.2 Å². The lowest BCUT2D eigenvalue weighted by atomic mass is 10.1. The van der Waals surface area contributed by atoms with Crippen LogP contribution in [0.2, 0.25) is 0 Å². The predicted molar refractivity (Wildman–Crippen MR) is 99.2 cm³/mol. The third kappa shape index (κ3) is 3.59. The van der Waals surface area contributed by atoms with E-state index in [4.69, 9.17) is 0 Å². The topological polar surface area (TPSA) is 79.8 Å². The number of benzene rings is 1. The van der Waals surface area contributed by atoms with E-state index >= 15 is 0 Å². The molecule has 0 atom stereocenters. The van der Waals surface area contributed by atoms with E-state index < -0.39 is 0 Å². The van der Waals surface area contributed by atoms with Crippen LogP contribution in [-0.4, -0.2) is 26.5 Å². The van der Waals surface area contributed by atoms with Gasteiger partial charge >= 0.3 is 0 Å². The molecule has 0 saturated heterocycles. The molecule has 6 heteroatoms. The molecule has 0 aliphatic heterocycles. The summed E-state index contributed by atoms with van der Waals surface area (Å²) in [6, 6.07) is 9.83. The van der Waals surface area contributed by atoms with Crippen molar-refractivity contribution in [2.45, 2.75) is 33.9 Å². The summed E-state index contributed by atoms with van der Waals surface area (Å²) in [6.07, 6.45) is 3.65. The Labute approximate surface area is 152 Å². The number of nitrogens with zero attached hydrogens (tertiary/aromatic N) is 2. The molecule has 2 N–H and O–H groups in total.